The second-order valence-electron chi connectivity index (χ2n) is 7.36. The molecule has 1 aliphatic carbocycles. The summed E-state index contributed by atoms with van der Waals surface area (Å²) in [5.74, 6) is 0.742. The number of aromatic nitrogens is 2. The number of guanidine groups is 1. The number of rotatable bonds is 9. The van der Waals surface area contributed by atoms with Crippen LogP contribution in [0.5, 0.6) is 0 Å². The maximum Gasteiger partial charge on any atom is 0.191 e. The molecule has 1 saturated carbocycles. The third kappa shape index (κ3) is 7.03. The Bertz CT molecular complexity index is 566. The van der Waals surface area contributed by atoms with E-state index in [0.29, 0.717) is 6.04 Å². The van der Waals surface area contributed by atoms with Gasteiger partial charge < -0.3 is 15.7 Å². The average Bonchev–Trinajstić information content (AvgIpc) is 3.28. The number of aliphatic imine (C=N–C) groups is 1. The molecule has 26 heavy (non-hydrogen) atoms. The molecule has 0 aliphatic heterocycles. The summed E-state index contributed by atoms with van der Waals surface area (Å²) >= 11 is 0. The van der Waals surface area contributed by atoms with Crippen molar-refractivity contribution in [2.75, 3.05) is 26.2 Å². The SMILES string of the molecule is CCNC(=NCC(C)(O)c1cnn(C)c1)NCCN(C(C)C)C1CC1.I. The topological polar surface area (TPSA) is 77.7 Å². The average molecular weight is 478 g/mol. The van der Waals surface area contributed by atoms with Gasteiger partial charge in [0.25, 0.3) is 0 Å². The van der Waals surface area contributed by atoms with E-state index in [2.05, 4.69) is 39.5 Å². The van der Waals surface area contributed by atoms with Crippen LogP contribution in [0.25, 0.3) is 0 Å². The monoisotopic (exact) mass is 478 g/mol. The Morgan fingerprint density at radius 2 is 2.15 bits per heavy atom. The van der Waals surface area contributed by atoms with Gasteiger partial charge >= 0.3 is 0 Å². The van der Waals surface area contributed by atoms with Gasteiger partial charge in [-0.3, -0.25) is 9.58 Å². The summed E-state index contributed by atoms with van der Waals surface area (Å²) in [7, 11) is 1.84. The van der Waals surface area contributed by atoms with Crippen molar-refractivity contribution in [1.29, 1.82) is 0 Å². The summed E-state index contributed by atoms with van der Waals surface area (Å²) in [6, 6.07) is 1.33. The molecule has 1 fully saturated rings. The molecule has 3 N–H and O–H groups in total. The van der Waals surface area contributed by atoms with E-state index < -0.39 is 5.60 Å². The van der Waals surface area contributed by atoms with E-state index in [-0.39, 0.29) is 30.5 Å². The first-order valence-corrected chi connectivity index (χ1v) is 9.33. The highest BCUT2D eigenvalue weighted by molar-refractivity contribution is 14.0. The predicted octanol–water partition coefficient (Wildman–Crippen LogP) is 1.67. The lowest BCUT2D eigenvalue weighted by Crippen LogP contribution is -2.44. The fraction of sp³-hybridized carbons (Fsp3) is 0.778. The molecule has 1 atom stereocenters. The molecule has 150 valence electrons. The first kappa shape index (κ1) is 23.2. The van der Waals surface area contributed by atoms with Gasteiger partial charge in [-0.05, 0) is 40.5 Å². The van der Waals surface area contributed by atoms with Crippen molar-refractivity contribution in [2.45, 2.75) is 58.2 Å². The maximum atomic E-state index is 10.7. The van der Waals surface area contributed by atoms with Crippen molar-refractivity contribution in [3.8, 4) is 0 Å². The van der Waals surface area contributed by atoms with Crippen LogP contribution in [0.3, 0.4) is 0 Å². The molecule has 0 amide bonds. The maximum absolute atomic E-state index is 10.7. The van der Waals surface area contributed by atoms with Gasteiger partial charge in [0.1, 0.15) is 5.60 Å². The zero-order valence-electron chi connectivity index (χ0n) is 16.7. The van der Waals surface area contributed by atoms with Gasteiger partial charge in [-0.25, -0.2) is 4.99 Å². The van der Waals surface area contributed by atoms with Gasteiger partial charge in [-0.15, -0.1) is 24.0 Å². The Morgan fingerprint density at radius 1 is 1.46 bits per heavy atom. The third-order valence-corrected chi connectivity index (χ3v) is 4.56. The van der Waals surface area contributed by atoms with Crippen LogP contribution in [0.1, 0.15) is 46.1 Å². The second kappa shape index (κ2) is 10.5. The Labute approximate surface area is 174 Å². The second-order valence-corrected chi connectivity index (χ2v) is 7.36. The number of halogens is 1. The van der Waals surface area contributed by atoms with Gasteiger partial charge in [0.05, 0.1) is 12.7 Å². The minimum Gasteiger partial charge on any atom is -0.383 e. The van der Waals surface area contributed by atoms with Crippen LogP contribution in [0.4, 0.5) is 0 Å². The van der Waals surface area contributed by atoms with Gasteiger partial charge in [0.15, 0.2) is 5.96 Å². The van der Waals surface area contributed by atoms with Crippen LogP contribution in [0, 0.1) is 0 Å². The fourth-order valence-corrected chi connectivity index (χ4v) is 2.94. The van der Waals surface area contributed by atoms with Crippen molar-refractivity contribution in [2.24, 2.45) is 12.0 Å². The molecule has 1 aromatic heterocycles. The molecule has 1 aromatic rings. The van der Waals surface area contributed by atoms with E-state index in [4.69, 9.17) is 0 Å². The molecular weight excluding hydrogens is 443 g/mol. The Hall–Kier alpha value is -0.870. The number of aryl methyl sites for hydroxylation is 1. The smallest absolute Gasteiger partial charge is 0.191 e. The van der Waals surface area contributed by atoms with Crippen molar-refractivity contribution in [1.82, 2.24) is 25.3 Å². The van der Waals surface area contributed by atoms with Crippen LogP contribution in [0.15, 0.2) is 17.4 Å². The molecular formula is C18H35IN6O. The van der Waals surface area contributed by atoms with Gasteiger partial charge in [0.2, 0.25) is 0 Å². The van der Waals surface area contributed by atoms with E-state index in [1.165, 1.54) is 12.8 Å². The summed E-state index contributed by atoms with van der Waals surface area (Å²) in [6.07, 6.45) is 6.15. The summed E-state index contributed by atoms with van der Waals surface area (Å²) in [4.78, 5) is 7.11. The molecule has 1 unspecified atom stereocenters. The van der Waals surface area contributed by atoms with Crippen LogP contribution >= 0.6 is 24.0 Å². The third-order valence-electron chi connectivity index (χ3n) is 4.56. The standard InChI is InChI=1S/C18H34N6O.HI/c1-6-19-17(20-9-10-24(14(2)3)16-7-8-16)21-13-18(4,25)15-11-22-23(5)12-15;/h11-12,14,16,25H,6-10,13H2,1-5H3,(H2,19,20,21);1H. The quantitative estimate of drug-likeness (QED) is 0.286. The number of nitrogens with zero attached hydrogens (tertiary/aromatic N) is 4. The highest BCUT2D eigenvalue weighted by Gasteiger charge is 2.30. The largest absolute Gasteiger partial charge is 0.383 e. The minimum atomic E-state index is -1.03. The van der Waals surface area contributed by atoms with E-state index in [1.807, 2.05) is 20.2 Å². The number of hydrogen-bond acceptors (Lipinski definition) is 4. The summed E-state index contributed by atoms with van der Waals surface area (Å²) in [5.41, 5.74) is -0.261. The lowest BCUT2D eigenvalue weighted by Gasteiger charge is -2.27. The van der Waals surface area contributed by atoms with Crippen LogP contribution in [0.2, 0.25) is 0 Å². The van der Waals surface area contributed by atoms with Crippen LogP contribution in [-0.4, -0.2) is 64.0 Å². The lowest BCUT2D eigenvalue weighted by molar-refractivity contribution is 0.0671. The van der Waals surface area contributed by atoms with E-state index in [9.17, 15) is 5.11 Å². The van der Waals surface area contributed by atoms with E-state index >= 15 is 0 Å². The minimum absolute atomic E-state index is 0. The number of aliphatic hydroxyl groups is 1. The predicted molar refractivity (Wildman–Crippen MR) is 117 cm³/mol. The molecule has 7 nitrogen and oxygen atoms in total. The van der Waals surface area contributed by atoms with Gasteiger partial charge in [-0.2, -0.15) is 5.10 Å². The molecule has 0 spiro atoms. The first-order chi connectivity index (χ1) is 11.8. The van der Waals surface area contributed by atoms with Crippen molar-refractivity contribution in [3.05, 3.63) is 18.0 Å². The molecule has 0 radical (unpaired) electrons. The highest BCUT2D eigenvalue weighted by atomic mass is 127. The molecule has 0 bridgehead atoms. The zero-order chi connectivity index (χ0) is 18.4. The molecule has 1 aliphatic rings. The summed E-state index contributed by atoms with van der Waals surface area (Å²) < 4.78 is 1.69. The summed E-state index contributed by atoms with van der Waals surface area (Å²) in [5, 5.41) is 21.4. The van der Waals surface area contributed by atoms with Crippen molar-refractivity contribution >= 4 is 29.9 Å². The summed E-state index contributed by atoms with van der Waals surface area (Å²) in [6.45, 7) is 11.2. The highest BCUT2D eigenvalue weighted by Crippen LogP contribution is 2.27. The van der Waals surface area contributed by atoms with Crippen LogP contribution < -0.4 is 10.6 Å². The molecule has 2 rings (SSSR count). The normalized spacial score (nSPS) is 17.2. The molecule has 0 saturated heterocycles. The first-order valence-electron chi connectivity index (χ1n) is 9.33. The van der Waals surface area contributed by atoms with Gasteiger partial charge in [0, 0.05) is 50.5 Å². The molecule has 1 heterocycles. The fourth-order valence-electron chi connectivity index (χ4n) is 2.94. The van der Waals surface area contributed by atoms with E-state index in [1.54, 1.807) is 17.8 Å². The molecule has 8 heteroatoms. The van der Waals surface area contributed by atoms with E-state index in [0.717, 1.165) is 37.2 Å². The number of hydrogen-bond donors (Lipinski definition) is 3. The van der Waals surface area contributed by atoms with Crippen LogP contribution in [-0.2, 0) is 12.6 Å². The van der Waals surface area contributed by atoms with Gasteiger partial charge in [-0.1, -0.05) is 0 Å². The Morgan fingerprint density at radius 3 is 2.65 bits per heavy atom. The zero-order valence-corrected chi connectivity index (χ0v) is 19.0. The van der Waals surface area contributed by atoms with Crippen molar-refractivity contribution in [3.63, 3.8) is 0 Å². The Kier molecular flexibility index (Phi) is 9.32. The Balaban J connectivity index is 0.00000338. The molecule has 0 aromatic carbocycles. The lowest BCUT2D eigenvalue weighted by atomic mass is 10.0. The van der Waals surface area contributed by atoms with Crippen molar-refractivity contribution < 1.29 is 5.11 Å². The number of nitrogens with one attached hydrogen (secondary N) is 2.